The lowest BCUT2D eigenvalue weighted by Crippen LogP contribution is -2.50. The average Bonchev–Trinajstić information content (AvgIpc) is 3.33. The number of piperidine rings is 1. The van der Waals surface area contributed by atoms with Crippen molar-refractivity contribution >= 4 is 38.9 Å². The number of nitrogens with one attached hydrogen (secondary N) is 1. The highest BCUT2D eigenvalue weighted by atomic mass is 79.9. The average molecular weight is 503 g/mol. The lowest BCUT2D eigenvalue weighted by molar-refractivity contribution is 0.175. The zero-order valence-corrected chi connectivity index (χ0v) is 20.4. The van der Waals surface area contributed by atoms with Crippen LogP contribution in [-0.4, -0.2) is 41.7 Å². The molecule has 0 radical (unpaired) electrons. The van der Waals surface area contributed by atoms with Crippen LogP contribution < -0.4 is 9.62 Å². The van der Waals surface area contributed by atoms with Crippen molar-refractivity contribution in [1.29, 1.82) is 0 Å². The molecule has 31 heavy (non-hydrogen) atoms. The fraction of sp³-hybridized carbons (Fsp3) is 0.500. The van der Waals surface area contributed by atoms with Gasteiger partial charge in [-0.05, 0) is 67.6 Å². The van der Waals surface area contributed by atoms with Gasteiger partial charge in [0.1, 0.15) is 4.75 Å². The summed E-state index contributed by atoms with van der Waals surface area (Å²) in [6.45, 7) is 7.81. The summed E-state index contributed by atoms with van der Waals surface area (Å²) in [5, 5.41) is 0. The lowest BCUT2D eigenvalue weighted by atomic mass is 9.73. The van der Waals surface area contributed by atoms with Crippen molar-refractivity contribution < 1.29 is 4.55 Å². The smallest absolute Gasteiger partial charge is 0.211 e. The second kappa shape index (κ2) is 7.72. The topological polar surface area (TPSA) is 81.4 Å². The predicted octanol–water partition coefficient (Wildman–Crippen LogP) is 3.82. The van der Waals surface area contributed by atoms with Gasteiger partial charge < -0.3 is 9.45 Å². The Bertz CT molecular complexity index is 1100. The van der Waals surface area contributed by atoms with Gasteiger partial charge in [0.05, 0.1) is 10.5 Å². The second-order valence-electron chi connectivity index (χ2n) is 9.52. The molecule has 3 aromatic heterocycles. The van der Waals surface area contributed by atoms with Gasteiger partial charge in [0.15, 0.2) is 5.65 Å². The SMILES string of the molecule is CC(C)(C)[S@+]([O-])N[C@@H]1c2cccnc2CC12CCN(c1ncc(Br)c3nccn13)CC2. The van der Waals surface area contributed by atoms with E-state index in [1.807, 2.05) is 49.8 Å². The van der Waals surface area contributed by atoms with Gasteiger partial charge >= 0.3 is 0 Å². The van der Waals surface area contributed by atoms with E-state index in [9.17, 15) is 4.55 Å². The molecule has 0 aromatic carbocycles. The van der Waals surface area contributed by atoms with Crippen LogP contribution in [0.4, 0.5) is 5.95 Å². The van der Waals surface area contributed by atoms with E-state index in [1.165, 1.54) is 5.56 Å². The molecule has 0 bridgehead atoms. The fourth-order valence-electron chi connectivity index (χ4n) is 4.83. The summed E-state index contributed by atoms with van der Waals surface area (Å²) < 4.78 is 19.1. The molecule has 1 saturated heterocycles. The Morgan fingerprint density at radius 1 is 1.19 bits per heavy atom. The van der Waals surface area contributed by atoms with Crippen molar-refractivity contribution in [1.82, 2.24) is 24.1 Å². The number of rotatable bonds is 3. The summed E-state index contributed by atoms with van der Waals surface area (Å²) in [4.78, 5) is 16.1. The minimum atomic E-state index is -1.14. The first-order valence-electron chi connectivity index (χ1n) is 10.6. The molecule has 1 aliphatic heterocycles. The van der Waals surface area contributed by atoms with Gasteiger partial charge in [-0.15, -0.1) is 4.72 Å². The number of anilines is 1. The minimum Gasteiger partial charge on any atom is -0.598 e. The molecule has 3 aromatic rings. The molecule has 0 unspecified atom stereocenters. The van der Waals surface area contributed by atoms with Gasteiger partial charge in [-0.1, -0.05) is 6.07 Å². The van der Waals surface area contributed by atoms with Crippen LogP contribution >= 0.6 is 15.9 Å². The monoisotopic (exact) mass is 502 g/mol. The first-order valence-corrected chi connectivity index (χ1v) is 12.6. The van der Waals surface area contributed by atoms with Crippen molar-refractivity contribution in [2.75, 3.05) is 18.0 Å². The number of fused-ring (bicyclic) bond motifs is 2. The van der Waals surface area contributed by atoms with E-state index in [-0.39, 0.29) is 16.2 Å². The van der Waals surface area contributed by atoms with Crippen molar-refractivity contribution in [3.05, 3.63) is 52.7 Å². The Hall–Kier alpha value is -1.68. The molecule has 1 N–H and O–H groups in total. The Morgan fingerprint density at radius 2 is 1.97 bits per heavy atom. The summed E-state index contributed by atoms with van der Waals surface area (Å²) in [5.74, 6) is 0.918. The highest BCUT2D eigenvalue weighted by molar-refractivity contribution is 9.10. The van der Waals surface area contributed by atoms with Gasteiger partial charge in [-0.25, -0.2) is 9.97 Å². The predicted molar refractivity (Wildman–Crippen MR) is 126 cm³/mol. The molecule has 4 heterocycles. The molecular formula is C22H27BrN6OS. The third-order valence-corrected chi connectivity index (χ3v) is 8.68. The van der Waals surface area contributed by atoms with Gasteiger partial charge in [0.2, 0.25) is 5.95 Å². The number of hydrogen-bond acceptors (Lipinski definition) is 6. The van der Waals surface area contributed by atoms with Crippen molar-refractivity contribution in [2.45, 2.75) is 50.8 Å². The number of imidazole rings is 1. The van der Waals surface area contributed by atoms with Gasteiger partial charge in [-0.2, -0.15) is 0 Å². The van der Waals surface area contributed by atoms with Crippen LogP contribution in [0.3, 0.4) is 0 Å². The van der Waals surface area contributed by atoms with Crippen LogP contribution in [0.5, 0.6) is 0 Å². The number of halogens is 1. The zero-order valence-electron chi connectivity index (χ0n) is 18.0. The van der Waals surface area contributed by atoms with Gasteiger partial charge in [0, 0.05) is 60.3 Å². The van der Waals surface area contributed by atoms with E-state index in [0.717, 1.165) is 54.1 Å². The zero-order chi connectivity index (χ0) is 21.8. The second-order valence-corrected chi connectivity index (χ2v) is 12.4. The first-order chi connectivity index (χ1) is 14.8. The molecular weight excluding hydrogens is 476 g/mol. The summed E-state index contributed by atoms with van der Waals surface area (Å²) in [6, 6.07) is 4.18. The van der Waals surface area contributed by atoms with Crippen LogP contribution in [0.1, 0.15) is 50.9 Å². The van der Waals surface area contributed by atoms with Crippen LogP contribution in [0, 0.1) is 5.41 Å². The van der Waals surface area contributed by atoms with Crippen LogP contribution in [0.15, 0.2) is 41.4 Å². The molecule has 164 valence electrons. The maximum atomic E-state index is 13.0. The molecule has 0 saturated carbocycles. The number of nitrogens with zero attached hydrogens (tertiary/aromatic N) is 5. The Kier molecular flexibility index (Phi) is 5.28. The Morgan fingerprint density at radius 3 is 2.71 bits per heavy atom. The molecule has 0 amide bonds. The third-order valence-electron chi connectivity index (χ3n) is 6.55. The third kappa shape index (κ3) is 3.65. The molecule has 7 nitrogen and oxygen atoms in total. The van der Waals surface area contributed by atoms with Crippen molar-refractivity contribution in [3.63, 3.8) is 0 Å². The van der Waals surface area contributed by atoms with Gasteiger partial charge in [0.25, 0.3) is 0 Å². The molecule has 2 aliphatic rings. The maximum Gasteiger partial charge on any atom is 0.211 e. The molecule has 1 aliphatic carbocycles. The molecule has 2 atom stereocenters. The first kappa shape index (κ1) is 21.2. The van der Waals surface area contributed by atoms with Crippen molar-refractivity contribution in [2.24, 2.45) is 5.41 Å². The Labute approximate surface area is 194 Å². The largest absolute Gasteiger partial charge is 0.598 e. The number of aromatic nitrogens is 4. The Balaban J connectivity index is 1.42. The molecule has 5 rings (SSSR count). The van der Waals surface area contributed by atoms with Crippen LogP contribution in [0.2, 0.25) is 0 Å². The van der Waals surface area contributed by atoms with E-state index in [2.05, 4.69) is 46.6 Å². The number of pyridine rings is 1. The molecule has 1 spiro atoms. The summed E-state index contributed by atoms with van der Waals surface area (Å²) in [7, 11) is 0. The highest BCUT2D eigenvalue weighted by Crippen LogP contribution is 2.52. The number of hydrogen-bond donors (Lipinski definition) is 1. The molecule has 9 heteroatoms. The quantitative estimate of drug-likeness (QED) is 0.548. The van der Waals surface area contributed by atoms with E-state index in [0.29, 0.717) is 0 Å². The highest BCUT2D eigenvalue weighted by Gasteiger charge is 2.51. The summed E-state index contributed by atoms with van der Waals surface area (Å²) in [6.07, 6.45) is 10.3. The summed E-state index contributed by atoms with van der Waals surface area (Å²) in [5.41, 5.74) is 3.23. The van der Waals surface area contributed by atoms with Crippen LogP contribution in [-0.2, 0) is 17.8 Å². The fourth-order valence-corrected chi connectivity index (χ4v) is 6.17. The molecule has 1 fully saturated rings. The van der Waals surface area contributed by atoms with E-state index in [1.54, 1.807) is 6.20 Å². The van der Waals surface area contributed by atoms with E-state index in [4.69, 9.17) is 0 Å². The standard InChI is InChI=1S/C22H27BrN6OS/c1-21(2,3)31(30)27-18-15-5-4-8-24-17(15)13-22(18)6-10-28(11-7-22)20-26-14-16(23)19-25-9-12-29(19)20/h4-5,8-9,12,14,18,27H,6-7,10-11,13H2,1-3H3/t18-,31+/m1/s1. The van der Waals surface area contributed by atoms with Crippen LogP contribution in [0.25, 0.3) is 5.65 Å². The van der Waals surface area contributed by atoms with Gasteiger partial charge in [-0.3, -0.25) is 9.38 Å². The maximum absolute atomic E-state index is 13.0. The normalized spacial score (nSPS) is 21.6. The van der Waals surface area contributed by atoms with E-state index >= 15 is 0 Å². The minimum absolute atomic E-state index is 0.0114. The lowest BCUT2D eigenvalue weighted by Gasteiger charge is -2.44. The van der Waals surface area contributed by atoms with Crippen molar-refractivity contribution in [3.8, 4) is 0 Å². The van der Waals surface area contributed by atoms with E-state index < -0.39 is 11.4 Å². The summed E-state index contributed by atoms with van der Waals surface area (Å²) >= 11 is 2.39.